The second kappa shape index (κ2) is 10.7. The van der Waals surface area contributed by atoms with Crippen molar-refractivity contribution in [1.29, 1.82) is 0 Å². The summed E-state index contributed by atoms with van der Waals surface area (Å²) in [7, 11) is 0. The third-order valence-corrected chi connectivity index (χ3v) is 2.47. The molecular formula is C16H22N2O2. The molecule has 0 unspecified atom stereocenters. The molecule has 108 valence electrons. The number of imide groups is 1. The zero-order chi connectivity index (χ0) is 15.4. The van der Waals surface area contributed by atoms with Crippen LogP contribution in [0.4, 0.5) is 0 Å². The molecule has 0 aromatic rings. The van der Waals surface area contributed by atoms with Crippen LogP contribution in [-0.4, -0.2) is 47.8 Å². The Morgan fingerprint density at radius 2 is 1.20 bits per heavy atom. The molecule has 4 heteroatoms. The van der Waals surface area contributed by atoms with Gasteiger partial charge in [-0.25, -0.2) is 0 Å². The highest BCUT2D eigenvalue weighted by atomic mass is 16.2. The number of carbonyl (C=O) groups is 2. The van der Waals surface area contributed by atoms with Crippen LogP contribution in [0.25, 0.3) is 0 Å². The van der Waals surface area contributed by atoms with E-state index in [1.165, 1.54) is 0 Å². The van der Waals surface area contributed by atoms with Crippen molar-refractivity contribution in [3.05, 3.63) is 62.8 Å². The normalized spacial score (nSPS) is 10.2. The Hall–Kier alpha value is -2.20. The summed E-state index contributed by atoms with van der Waals surface area (Å²) in [6.45, 7) is 16.5. The quantitative estimate of drug-likeness (QED) is 0.451. The third-order valence-electron chi connectivity index (χ3n) is 2.47. The molecule has 0 N–H and O–H groups in total. The first kappa shape index (κ1) is 17.8. The summed E-state index contributed by atoms with van der Waals surface area (Å²) in [6, 6.07) is 0. The fourth-order valence-corrected chi connectivity index (χ4v) is 1.50. The molecule has 0 heterocycles. The lowest BCUT2D eigenvalue weighted by Crippen LogP contribution is -2.34. The van der Waals surface area contributed by atoms with Crippen LogP contribution in [0.2, 0.25) is 0 Å². The summed E-state index contributed by atoms with van der Waals surface area (Å²) in [5.41, 5.74) is 0. The van der Waals surface area contributed by atoms with Gasteiger partial charge in [0.25, 0.3) is 11.8 Å². The molecule has 0 fully saturated rings. The van der Waals surface area contributed by atoms with E-state index in [1.54, 1.807) is 6.08 Å². The highest BCUT2D eigenvalue weighted by molar-refractivity contribution is 6.04. The first-order valence-electron chi connectivity index (χ1n) is 6.30. The van der Waals surface area contributed by atoms with E-state index in [1.807, 2.05) is 18.2 Å². The molecule has 0 radical (unpaired) electrons. The van der Waals surface area contributed by atoms with Gasteiger partial charge < -0.3 is 0 Å². The van der Waals surface area contributed by atoms with E-state index in [0.717, 1.165) is 30.1 Å². The summed E-state index contributed by atoms with van der Waals surface area (Å²) in [6.07, 6.45) is 9.50. The number of hydrogen-bond donors (Lipinski definition) is 0. The molecule has 0 aliphatic carbocycles. The number of hydrogen-bond acceptors (Lipinski definition) is 3. The van der Waals surface area contributed by atoms with Crippen LogP contribution in [0.1, 0.15) is 0 Å². The highest BCUT2D eigenvalue weighted by Gasteiger charge is 2.14. The van der Waals surface area contributed by atoms with Gasteiger partial charge in [0, 0.05) is 26.2 Å². The van der Waals surface area contributed by atoms with Gasteiger partial charge in [-0.05, 0) is 12.2 Å². The average molecular weight is 274 g/mol. The molecule has 0 atom stereocenters. The Labute approximate surface area is 121 Å². The van der Waals surface area contributed by atoms with E-state index >= 15 is 0 Å². The zero-order valence-corrected chi connectivity index (χ0v) is 11.8. The topological polar surface area (TPSA) is 40.6 Å². The van der Waals surface area contributed by atoms with Gasteiger partial charge in [-0.1, -0.05) is 37.5 Å². The molecule has 0 aromatic carbocycles. The molecule has 0 aliphatic heterocycles. The van der Waals surface area contributed by atoms with Crippen LogP contribution in [0.3, 0.4) is 0 Å². The molecular weight excluding hydrogens is 252 g/mol. The summed E-state index contributed by atoms with van der Waals surface area (Å²) < 4.78 is 0. The van der Waals surface area contributed by atoms with Crippen molar-refractivity contribution in [2.45, 2.75) is 0 Å². The smallest absolute Gasteiger partial charge is 0.253 e. The van der Waals surface area contributed by atoms with E-state index in [-0.39, 0.29) is 6.54 Å². The van der Waals surface area contributed by atoms with Gasteiger partial charge in [0.2, 0.25) is 0 Å². The molecule has 0 bridgehead atoms. The second-order valence-corrected chi connectivity index (χ2v) is 3.96. The molecule has 0 saturated carbocycles. The Kier molecular flexibility index (Phi) is 9.52. The predicted molar refractivity (Wildman–Crippen MR) is 83.1 cm³/mol. The number of nitrogens with zero attached hydrogens (tertiary/aromatic N) is 2. The van der Waals surface area contributed by atoms with E-state index < -0.39 is 11.8 Å². The highest BCUT2D eigenvalue weighted by Crippen LogP contribution is 1.96. The Morgan fingerprint density at radius 1 is 0.750 bits per heavy atom. The summed E-state index contributed by atoms with van der Waals surface area (Å²) in [5, 5.41) is 0. The standard InChI is InChI=1S/C16H22N2O2/c1-5-11-17(12-6-2)13-9-10-14-18(15(19)7-3)16(20)8-4/h5-10H,1-4,11-14H2/b10-9+. The minimum atomic E-state index is -0.436. The van der Waals surface area contributed by atoms with Crippen molar-refractivity contribution in [3.63, 3.8) is 0 Å². The van der Waals surface area contributed by atoms with Crippen LogP contribution in [-0.2, 0) is 9.59 Å². The van der Waals surface area contributed by atoms with Gasteiger partial charge in [0.1, 0.15) is 0 Å². The molecule has 0 aliphatic rings. The van der Waals surface area contributed by atoms with Gasteiger partial charge in [-0.2, -0.15) is 0 Å². The molecule has 2 amide bonds. The van der Waals surface area contributed by atoms with Crippen LogP contribution < -0.4 is 0 Å². The average Bonchev–Trinajstić information content (AvgIpc) is 2.46. The van der Waals surface area contributed by atoms with E-state index in [4.69, 9.17) is 0 Å². The summed E-state index contributed by atoms with van der Waals surface area (Å²) in [5.74, 6) is -0.873. The maximum Gasteiger partial charge on any atom is 0.253 e. The first-order valence-corrected chi connectivity index (χ1v) is 6.30. The van der Waals surface area contributed by atoms with Crippen LogP contribution >= 0.6 is 0 Å². The summed E-state index contributed by atoms with van der Waals surface area (Å²) >= 11 is 0. The fraction of sp³-hybridized carbons (Fsp3) is 0.250. The monoisotopic (exact) mass is 274 g/mol. The maximum atomic E-state index is 11.5. The Balaban J connectivity index is 4.49. The predicted octanol–water partition coefficient (Wildman–Crippen LogP) is 1.94. The SMILES string of the molecule is C=CCN(CC=C)C/C=C/CN(C(=O)C=C)C(=O)C=C. The molecule has 0 spiro atoms. The molecule has 0 saturated heterocycles. The lowest BCUT2D eigenvalue weighted by Gasteiger charge is -2.17. The second-order valence-electron chi connectivity index (χ2n) is 3.96. The number of carbonyl (C=O) groups excluding carboxylic acids is 2. The van der Waals surface area contributed by atoms with Crippen molar-refractivity contribution >= 4 is 11.8 Å². The molecule has 0 aromatic heterocycles. The molecule has 4 nitrogen and oxygen atoms in total. The van der Waals surface area contributed by atoms with Gasteiger partial charge >= 0.3 is 0 Å². The van der Waals surface area contributed by atoms with Crippen molar-refractivity contribution in [2.75, 3.05) is 26.2 Å². The van der Waals surface area contributed by atoms with Crippen molar-refractivity contribution in [3.8, 4) is 0 Å². The van der Waals surface area contributed by atoms with Gasteiger partial charge in [0.05, 0.1) is 0 Å². The summed E-state index contributed by atoms with van der Waals surface area (Å²) in [4.78, 5) is 26.2. The van der Waals surface area contributed by atoms with Gasteiger partial charge in [-0.3, -0.25) is 19.4 Å². The van der Waals surface area contributed by atoms with Crippen LogP contribution in [0.5, 0.6) is 0 Å². The minimum absolute atomic E-state index is 0.200. The van der Waals surface area contributed by atoms with Crippen molar-refractivity contribution < 1.29 is 9.59 Å². The minimum Gasteiger partial charge on any atom is -0.292 e. The number of amides is 2. The van der Waals surface area contributed by atoms with Gasteiger partial charge in [-0.15, -0.1) is 13.2 Å². The third kappa shape index (κ3) is 6.66. The largest absolute Gasteiger partial charge is 0.292 e. The number of rotatable bonds is 10. The van der Waals surface area contributed by atoms with E-state index in [9.17, 15) is 9.59 Å². The molecule has 0 rings (SSSR count). The first-order chi connectivity index (χ1) is 9.60. The van der Waals surface area contributed by atoms with Gasteiger partial charge in [0.15, 0.2) is 0 Å². The van der Waals surface area contributed by atoms with Crippen LogP contribution in [0, 0.1) is 0 Å². The maximum absolute atomic E-state index is 11.5. The van der Waals surface area contributed by atoms with E-state index in [2.05, 4.69) is 31.2 Å². The van der Waals surface area contributed by atoms with Crippen molar-refractivity contribution in [1.82, 2.24) is 9.80 Å². The Morgan fingerprint density at radius 3 is 1.60 bits per heavy atom. The lowest BCUT2D eigenvalue weighted by molar-refractivity contribution is -0.138. The fourth-order valence-electron chi connectivity index (χ4n) is 1.50. The Bertz CT molecular complexity index is 381. The molecule has 20 heavy (non-hydrogen) atoms. The van der Waals surface area contributed by atoms with E-state index in [0.29, 0.717) is 6.54 Å². The van der Waals surface area contributed by atoms with Crippen LogP contribution in [0.15, 0.2) is 62.8 Å². The van der Waals surface area contributed by atoms with Crippen molar-refractivity contribution in [2.24, 2.45) is 0 Å². The zero-order valence-electron chi connectivity index (χ0n) is 11.8. The lowest BCUT2D eigenvalue weighted by atomic mass is 10.3.